The summed E-state index contributed by atoms with van der Waals surface area (Å²) in [6, 6.07) is 23.9. The number of benzene rings is 3. The molecule has 0 radical (unpaired) electrons. The van der Waals surface area contributed by atoms with Crippen LogP contribution in [0.15, 0.2) is 90.0 Å². The molecule has 0 aliphatic carbocycles. The van der Waals surface area contributed by atoms with E-state index < -0.39 is 9.84 Å². The molecule has 0 fully saturated rings. The van der Waals surface area contributed by atoms with Gasteiger partial charge in [-0.1, -0.05) is 60.7 Å². The number of sulfone groups is 1. The van der Waals surface area contributed by atoms with Crippen molar-refractivity contribution in [2.24, 2.45) is 0 Å². The molecular weight excluding hydrogens is 436 g/mol. The number of carbonyl (C=O) groups is 1. The minimum Gasteiger partial charge on any atom is -0.497 e. The van der Waals surface area contributed by atoms with E-state index in [1.807, 2.05) is 60.7 Å². The fraction of sp³-hybridized carbons (Fsp3) is 0.192. The van der Waals surface area contributed by atoms with Crippen LogP contribution in [0.5, 0.6) is 5.75 Å². The molecule has 0 saturated carbocycles. The molecule has 0 atom stereocenters. The van der Waals surface area contributed by atoms with Gasteiger partial charge in [-0.3, -0.25) is 4.79 Å². The molecule has 0 aliphatic rings. The Balaban J connectivity index is 1.57. The Morgan fingerprint density at radius 1 is 0.909 bits per heavy atom. The van der Waals surface area contributed by atoms with Crippen LogP contribution in [0.3, 0.4) is 0 Å². The van der Waals surface area contributed by atoms with Gasteiger partial charge < -0.3 is 14.2 Å². The lowest BCUT2D eigenvalue weighted by Gasteiger charge is -2.18. The second-order valence-electron chi connectivity index (χ2n) is 7.98. The second-order valence-corrected chi connectivity index (χ2v) is 9.94. The summed E-state index contributed by atoms with van der Waals surface area (Å²) in [5.41, 5.74) is 2.43. The standard InChI is InChI=1S/C26H26N2O4S/c1-27(16-20-12-14-22(32-2)15-13-20)26(29)18-28-17-25(23-10-6-7-11-24(23)28)33(30,31)19-21-8-4-3-5-9-21/h3-15,17H,16,18-19H2,1-2H3. The summed E-state index contributed by atoms with van der Waals surface area (Å²) >= 11 is 0. The number of aromatic nitrogens is 1. The first-order valence-corrected chi connectivity index (χ1v) is 12.2. The normalized spacial score (nSPS) is 11.5. The zero-order valence-electron chi connectivity index (χ0n) is 18.6. The van der Waals surface area contributed by atoms with E-state index in [-0.39, 0.29) is 23.1 Å². The van der Waals surface area contributed by atoms with E-state index in [4.69, 9.17) is 4.74 Å². The van der Waals surface area contributed by atoms with Gasteiger partial charge in [0.15, 0.2) is 9.84 Å². The molecular formula is C26H26N2O4S. The summed E-state index contributed by atoms with van der Waals surface area (Å²) in [5, 5.41) is 0.624. The van der Waals surface area contributed by atoms with Crippen molar-refractivity contribution >= 4 is 26.6 Å². The maximum atomic E-state index is 13.2. The molecule has 0 spiro atoms. The van der Waals surface area contributed by atoms with E-state index in [1.54, 1.807) is 48.0 Å². The van der Waals surface area contributed by atoms with Crippen LogP contribution in [0.4, 0.5) is 0 Å². The topological polar surface area (TPSA) is 68.6 Å². The Hall–Kier alpha value is -3.58. The molecule has 170 valence electrons. The zero-order chi connectivity index (χ0) is 23.4. The Kier molecular flexibility index (Phi) is 6.51. The minimum atomic E-state index is -3.59. The molecule has 4 aromatic rings. The molecule has 1 heterocycles. The molecule has 0 unspecified atom stereocenters. The molecule has 0 N–H and O–H groups in total. The molecule has 1 amide bonds. The summed E-state index contributed by atoms with van der Waals surface area (Å²) in [5.74, 6) is 0.557. The quantitative estimate of drug-likeness (QED) is 0.392. The van der Waals surface area contributed by atoms with Crippen molar-refractivity contribution in [1.82, 2.24) is 9.47 Å². The number of nitrogens with zero attached hydrogens (tertiary/aromatic N) is 2. The molecule has 7 heteroatoms. The summed E-state index contributed by atoms with van der Waals surface area (Å²) in [4.78, 5) is 14.8. The van der Waals surface area contributed by atoms with Crippen molar-refractivity contribution in [3.05, 3.63) is 96.2 Å². The monoisotopic (exact) mass is 462 g/mol. The molecule has 1 aromatic heterocycles. The lowest BCUT2D eigenvalue weighted by Crippen LogP contribution is -2.29. The van der Waals surface area contributed by atoms with Crippen LogP contribution in [0.25, 0.3) is 10.9 Å². The summed E-state index contributed by atoms with van der Waals surface area (Å²) in [6.45, 7) is 0.495. The highest BCUT2D eigenvalue weighted by molar-refractivity contribution is 7.90. The van der Waals surface area contributed by atoms with Gasteiger partial charge in [0.05, 0.1) is 17.8 Å². The van der Waals surface area contributed by atoms with Gasteiger partial charge in [-0.05, 0) is 29.3 Å². The first kappa shape index (κ1) is 22.6. The van der Waals surface area contributed by atoms with Gasteiger partial charge in [-0.15, -0.1) is 0 Å². The molecule has 33 heavy (non-hydrogen) atoms. The van der Waals surface area contributed by atoms with Gasteiger partial charge in [0.2, 0.25) is 5.91 Å². The van der Waals surface area contributed by atoms with E-state index in [9.17, 15) is 13.2 Å². The summed E-state index contributed by atoms with van der Waals surface area (Å²) in [6.07, 6.45) is 1.59. The maximum absolute atomic E-state index is 13.2. The second kappa shape index (κ2) is 9.50. The van der Waals surface area contributed by atoms with Gasteiger partial charge in [-0.2, -0.15) is 0 Å². The highest BCUT2D eigenvalue weighted by Gasteiger charge is 2.23. The molecule has 3 aromatic carbocycles. The summed E-state index contributed by atoms with van der Waals surface area (Å²) in [7, 11) is -0.235. The maximum Gasteiger partial charge on any atom is 0.242 e. The zero-order valence-corrected chi connectivity index (χ0v) is 19.5. The third-order valence-electron chi connectivity index (χ3n) is 5.60. The van der Waals surface area contributed by atoms with E-state index in [0.717, 1.165) is 22.4 Å². The number of rotatable bonds is 8. The number of hydrogen-bond donors (Lipinski definition) is 0. The number of hydrogen-bond acceptors (Lipinski definition) is 4. The van der Waals surface area contributed by atoms with E-state index >= 15 is 0 Å². The lowest BCUT2D eigenvalue weighted by atomic mass is 10.2. The predicted molar refractivity (Wildman–Crippen MR) is 129 cm³/mol. The third kappa shape index (κ3) is 5.09. The third-order valence-corrected chi connectivity index (χ3v) is 7.31. The summed E-state index contributed by atoms with van der Waals surface area (Å²) < 4.78 is 33.3. The van der Waals surface area contributed by atoms with Crippen LogP contribution in [0.2, 0.25) is 0 Å². The number of methoxy groups -OCH3 is 1. The van der Waals surface area contributed by atoms with Gasteiger partial charge in [0, 0.05) is 30.7 Å². The van der Waals surface area contributed by atoms with Gasteiger partial charge in [0.1, 0.15) is 12.3 Å². The van der Waals surface area contributed by atoms with Gasteiger partial charge in [-0.25, -0.2) is 8.42 Å². The van der Waals surface area contributed by atoms with Crippen LogP contribution >= 0.6 is 0 Å². The van der Waals surface area contributed by atoms with Crippen LogP contribution < -0.4 is 4.74 Å². The molecule has 0 bridgehead atoms. The van der Waals surface area contributed by atoms with Crippen molar-refractivity contribution in [2.45, 2.75) is 23.7 Å². The minimum absolute atomic E-state index is 0.0496. The van der Waals surface area contributed by atoms with Crippen molar-refractivity contribution < 1.29 is 17.9 Å². The SMILES string of the molecule is COc1ccc(CN(C)C(=O)Cn2cc(S(=O)(=O)Cc3ccccc3)c3ccccc32)cc1. The average Bonchev–Trinajstić information content (AvgIpc) is 3.19. The van der Waals surface area contributed by atoms with E-state index in [1.165, 1.54) is 0 Å². The fourth-order valence-corrected chi connectivity index (χ4v) is 5.40. The Morgan fingerprint density at radius 2 is 1.58 bits per heavy atom. The van der Waals surface area contributed by atoms with Crippen LogP contribution in [0.1, 0.15) is 11.1 Å². The number of carbonyl (C=O) groups excluding carboxylic acids is 1. The van der Waals surface area contributed by atoms with Gasteiger partial charge >= 0.3 is 0 Å². The van der Waals surface area contributed by atoms with E-state index in [2.05, 4.69) is 0 Å². The molecule has 0 saturated heterocycles. The van der Waals surface area contributed by atoms with Crippen LogP contribution in [0, 0.1) is 0 Å². The van der Waals surface area contributed by atoms with Crippen LogP contribution in [-0.4, -0.2) is 37.9 Å². The fourth-order valence-electron chi connectivity index (χ4n) is 3.82. The number of ether oxygens (including phenoxy) is 1. The molecule has 6 nitrogen and oxygen atoms in total. The highest BCUT2D eigenvalue weighted by atomic mass is 32.2. The Morgan fingerprint density at radius 3 is 2.27 bits per heavy atom. The Labute approximate surface area is 193 Å². The van der Waals surface area contributed by atoms with Crippen molar-refractivity contribution in [2.75, 3.05) is 14.2 Å². The van der Waals surface area contributed by atoms with Crippen molar-refractivity contribution in [1.29, 1.82) is 0 Å². The largest absolute Gasteiger partial charge is 0.497 e. The predicted octanol–water partition coefficient (Wildman–Crippen LogP) is 4.28. The average molecular weight is 463 g/mol. The number of fused-ring (bicyclic) bond motifs is 1. The first-order valence-electron chi connectivity index (χ1n) is 10.6. The first-order chi connectivity index (χ1) is 15.9. The number of likely N-dealkylation sites (N-methyl/N-ethyl adjacent to an activating group) is 1. The number of para-hydroxylation sites is 1. The van der Waals surface area contributed by atoms with Crippen molar-refractivity contribution in [3.8, 4) is 5.75 Å². The highest BCUT2D eigenvalue weighted by Crippen LogP contribution is 2.28. The van der Waals surface area contributed by atoms with Crippen molar-refractivity contribution in [3.63, 3.8) is 0 Å². The Bertz CT molecular complexity index is 1360. The van der Waals surface area contributed by atoms with E-state index in [0.29, 0.717) is 11.9 Å². The molecule has 0 aliphatic heterocycles. The number of amides is 1. The molecule has 4 rings (SSSR count). The smallest absolute Gasteiger partial charge is 0.242 e. The lowest BCUT2D eigenvalue weighted by molar-refractivity contribution is -0.131. The van der Waals surface area contributed by atoms with Gasteiger partial charge in [0.25, 0.3) is 0 Å². The van der Waals surface area contributed by atoms with Crippen LogP contribution in [-0.2, 0) is 33.5 Å².